The van der Waals surface area contributed by atoms with E-state index in [1.165, 1.54) is 0 Å². The van der Waals surface area contributed by atoms with E-state index in [0.29, 0.717) is 23.1 Å². The van der Waals surface area contributed by atoms with Gasteiger partial charge in [0, 0.05) is 11.1 Å². The number of hydrogen-bond donors (Lipinski definition) is 0. The molecule has 23 heavy (non-hydrogen) atoms. The third kappa shape index (κ3) is 3.11. The van der Waals surface area contributed by atoms with E-state index in [1.54, 1.807) is 45.9 Å². The highest BCUT2D eigenvalue weighted by molar-refractivity contribution is 7.99. The van der Waals surface area contributed by atoms with Gasteiger partial charge in [-0.2, -0.15) is 4.98 Å². The van der Waals surface area contributed by atoms with E-state index >= 15 is 0 Å². The van der Waals surface area contributed by atoms with Crippen molar-refractivity contribution in [3.05, 3.63) is 45.2 Å². The highest BCUT2D eigenvalue weighted by Gasteiger charge is 2.16. The number of hydrogen-bond acceptors (Lipinski definition) is 5. The number of rotatable bonds is 5. The molecule has 0 radical (unpaired) electrons. The average Bonchev–Trinajstić information content (AvgIpc) is 2.99. The monoisotopic (exact) mass is 366 g/mol. The fraction of sp³-hybridized carbons (Fsp3) is 0.250. The van der Waals surface area contributed by atoms with Crippen molar-refractivity contribution < 1.29 is 4.74 Å². The number of ether oxygens (including phenoxy) is 1. The predicted molar refractivity (Wildman–Crippen MR) is 97.8 cm³/mol. The lowest BCUT2D eigenvalue weighted by Gasteiger charge is -2.14. The van der Waals surface area contributed by atoms with Crippen LogP contribution in [0.2, 0.25) is 5.02 Å². The van der Waals surface area contributed by atoms with Gasteiger partial charge in [0.1, 0.15) is 10.8 Å². The number of thiophene rings is 1. The summed E-state index contributed by atoms with van der Waals surface area (Å²) in [5.41, 5.74) is 1.19. The maximum atomic E-state index is 12.6. The molecule has 4 nitrogen and oxygen atoms in total. The van der Waals surface area contributed by atoms with E-state index in [9.17, 15) is 4.79 Å². The Balaban J connectivity index is 2.29. The lowest BCUT2D eigenvalue weighted by molar-refractivity contribution is 0.339. The zero-order valence-corrected chi connectivity index (χ0v) is 15.1. The zero-order chi connectivity index (χ0) is 16.4. The van der Waals surface area contributed by atoms with E-state index in [0.717, 1.165) is 21.0 Å². The zero-order valence-electron chi connectivity index (χ0n) is 12.7. The molecule has 0 spiro atoms. The van der Waals surface area contributed by atoms with E-state index in [-0.39, 0.29) is 5.69 Å². The van der Waals surface area contributed by atoms with Crippen molar-refractivity contribution in [2.45, 2.75) is 18.9 Å². The molecule has 0 saturated heterocycles. The Kier molecular flexibility index (Phi) is 4.94. The van der Waals surface area contributed by atoms with Gasteiger partial charge in [0.25, 0.3) is 0 Å². The average molecular weight is 367 g/mol. The summed E-state index contributed by atoms with van der Waals surface area (Å²) in [6.07, 6.45) is 0. The molecule has 0 unspecified atom stereocenters. The smallest absolute Gasteiger partial charge is 0.353 e. The molecule has 0 saturated carbocycles. The Bertz CT molecular complexity index is 905. The SMILES string of the molecule is CCOc1cc(Cl)ccc1-n1c(=O)nc(SCC)c2sccc21. The second kappa shape index (κ2) is 6.95. The van der Waals surface area contributed by atoms with Crippen LogP contribution in [-0.2, 0) is 0 Å². The molecule has 120 valence electrons. The second-order valence-electron chi connectivity index (χ2n) is 4.65. The quantitative estimate of drug-likeness (QED) is 0.488. The number of nitrogens with zero attached hydrogens (tertiary/aromatic N) is 2. The minimum Gasteiger partial charge on any atom is -0.492 e. The maximum absolute atomic E-state index is 12.6. The maximum Gasteiger partial charge on any atom is 0.353 e. The van der Waals surface area contributed by atoms with E-state index in [2.05, 4.69) is 4.98 Å². The van der Waals surface area contributed by atoms with Crippen LogP contribution in [-0.4, -0.2) is 21.9 Å². The van der Waals surface area contributed by atoms with Gasteiger partial charge in [0.05, 0.1) is 22.5 Å². The van der Waals surface area contributed by atoms with Crippen LogP contribution in [0, 0.1) is 0 Å². The molecule has 7 heteroatoms. The molecule has 2 aromatic heterocycles. The van der Waals surface area contributed by atoms with Crippen molar-refractivity contribution in [2.75, 3.05) is 12.4 Å². The number of halogens is 1. The Morgan fingerprint density at radius 1 is 1.35 bits per heavy atom. The number of fused-ring (bicyclic) bond motifs is 1. The highest BCUT2D eigenvalue weighted by atomic mass is 35.5. The molecular formula is C16H15ClN2O2S2. The first-order valence-corrected chi connectivity index (χ1v) is 9.45. The van der Waals surface area contributed by atoms with Gasteiger partial charge in [0.2, 0.25) is 0 Å². The third-order valence-electron chi connectivity index (χ3n) is 3.21. The van der Waals surface area contributed by atoms with Crippen molar-refractivity contribution in [3.8, 4) is 11.4 Å². The van der Waals surface area contributed by atoms with Gasteiger partial charge in [0.15, 0.2) is 0 Å². The minimum absolute atomic E-state index is 0.310. The third-order valence-corrected chi connectivity index (χ3v) is 5.34. The van der Waals surface area contributed by atoms with Gasteiger partial charge in [-0.15, -0.1) is 23.1 Å². The van der Waals surface area contributed by atoms with Crippen LogP contribution in [0.4, 0.5) is 0 Å². The molecule has 0 N–H and O–H groups in total. The van der Waals surface area contributed by atoms with Gasteiger partial charge in [-0.3, -0.25) is 4.57 Å². The van der Waals surface area contributed by atoms with Crippen LogP contribution in [0.1, 0.15) is 13.8 Å². The molecule has 3 rings (SSSR count). The van der Waals surface area contributed by atoms with Crippen molar-refractivity contribution in [1.82, 2.24) is 9.55 Å². The summed E-state index contributed by atoms with van der Waals surface area (Å²) >= 11 is 9.22. The number of benzene rings is 1. The molecular weight excluding hydrogens is 352 g/mol. The minimum atomic E-state index is -0.310. The van der Waals surface area contributed by atoms with Crippen LogP contribution < -0.4 is 10.4 Å². The summed E-state index contributed by atoms with van der Waals surface area (Å²) < 4.78 is 8.26. The standard InChI is InChI=1S/C16H15ClN2O2S2/c1-3-21-13-9-10(17)5-6-11(13)19-12-7-8-23-14(12)15(22-4-2)18-16(19)20/h5-9H,3-4H2,1-2H3. The Morgan fingerprint density at radius 2 is 2.17 bits per heavy atom. The summed E-state index contributed by atoms with van der Waals surface area (Å²) in [5, 5.41) is 3.32. The summed E-state index contributed by atoms with van der Waals surface area (Å²) in [4.78, 5) is 16.9. The van der Waals surface area contributed by atoms with Crippen LogP contribution in [0.3, 0.4) is 0 Å². The first kappa shape index (κ1) is 16.4. The molecule has 1 aromatic carbocycles. The fourth-order valence-electron chi connectivity index (χ4n) is 2.34. The van der Waals surface area contributed by atoms with Crippen molar-refractivity contribution in [3.63, 3.8) is 0 Å². The van der Waals surface area contributed by atoms with Gasteiger partial charge >= 0.3 is 5.69 Å². The predicted octanol–water partition coefficient (Wildman–Crippen LogP) is 4.61. The summed E-state index contributed by atoms with van der Waals surface area (Å²) in [6, 6.07) is 7.20. The van der Waals surface area contributed by atoms with Gasteiger partial charge in [-0.05, 0) is 36.3 Å². The van der Waals surface area contributed by atoms with Crippen molar-refractivity contribution in [2.24, 2.45) is 0 Å². The Morgan fingerprint density at radius 3 is 2.91 bits per heavy atom. The van der Waals surface area contributed by atoms with Crippen LogP contribution in [0.5, 0.6) is 5.75 Å². The van der Waals surface area contributed by atoms with E-state index in [1.807, 2.05) is 25.3 Å². The molecule has 0 fully saturated rings. The van der Waals surface area contributed by atoms with Crippen molar-refractivity contribution >= 4 is 44.9 Å². The lowest BCUT2D eigenvalue weighted by Crippen LogP contribution is -2.22. The summed E-state index contributed by atoms with van der Waals surface area (Å²) in [7, 11) is 0. The van der Waals surface area contributed by atoms with Crippen LogP contribution in [0.25, 0.3) is 15.9 Å². The molecule has 3 aromatic rings. The summed E-state index contributed by atoms with van der Waals surface area (Å²) in [5.74, 6) is 1.45. The Hall–Kier alpha value is -1.50. The number of thioether (sulfide) groups is 1. The van der Waals surface area contributed by atoms with Gasteiger partial charge in [-0.25, -0.2) is 4.79 Å². The first-order chi connectivity index (χ1) is 11.2. The molecule has 0 aliphatic carbocycles. The van der Waals surface area contributed by atoms with Gasteiger partial charge in [-0.1, -0.05) is 18.5 Å². The lowest BCUT2D eigenvalue weighted by atomic mass is 10.2. The highest BCUT2D eigenvalue weighted by Crippen LogP contribution is 2.33. The van der Waals surface area contributed by atoms with E-state index < -0.39 is 0 Å². The molecule has 0 aliphatic rings. The second-order valence-corrected chi connectivity index (χ2v) is 7.25. The van der Waals surface area contributed by atoms with Gasteiger partial charge < -0.3 is 4.74 Å². The van der Waals surface area contributed by atoms with Crippen molar-refractivity contribution in [1.29, 1.82) is 0 Å². The number of aromatic nitrogens is 2. The molecule has 0 atom stereocenters. The largest absolute Gasteiger partial charge is 0.492 e. The molecule has 0 bridgehead atoms. The fourth-order valence-corrected chi connectivity index (χ4v) is 4.23. The summed E-state index contributed by atoms with van der Waals surface area (Å²) in [6.45, 7) is 4.43. The first-order valence-electron chi connectivity index (χ1n) is 7.21. The molecule has 0 aliphatic heterocycles. The topological polar surface area (TPSA) is 44.1 Å². The van der Waals surface area contributed by atoms with E-state index in [4.69, 9.17) is 16.3 Å². The van der Waals surface area contributed by atoms with Crippen LogP contribution in [0.15, 0.2) is 39.5 Å². The van der Waals surface area contributed by atoms with Crippen LogP contribution >= 0.6 is 34.7 Å². The molecule has 2 heterocycles. The Labute approximate surface area is 147 Å². The normalized spacial score (nSPS) is 11.1. The molecule has 0 amide bonds.